The molecule has 0 saturated carbocycles. The maximum Gasteiger partial charge on any atom is 0.206 e. The van der Waals surface area contributed by atoms with Crippen LogP contribution in [0.25, 0.3) is 33.7 Å². The molecule has 0 radical (unpaired) electrons. The molecule has 0 amide bonds. The quantitative estimate of drug-likeness (QED) is 0.421. The molecule has 3 aromatic heterocycles. The number of nitrogens with zero attached hydrogens (tertiary/aromatic N) is 5. The lowest BCUT2D eigenvalue weighted by molar-refractivity contribution is 0.605. The number of para-hydroxylation sites is 1. The average Bonchev–Trinajstić information content (AvgIpc) is 3.48. The second kappa shape index (κ2) is 8.01. The van der Waals surface area contributed by atoms with Crippen molar-refractivity contribution in [3.8, 4) is 22.7 Å². The maximum absolute atomic E-state index is 13.3. The van der Waals surface area contributed by atoms with Gasteiger partial charge in [0.15, 0.2) is 5.43 Å². The molecule has 3 heterocycles. The highest BCUT2D eigenvalue weighted by Crippen LogP contribution is 2.33. The molecule has 5 aromatic rings. The van der Waals surface area contributed by atoms with E-state index in [2.05, 4.69) is 31.0 Å². The summed E-state index contributed by atoms with van der Waals surface area (Å²) in [6, 6.07) is 11.5. The summed E-state index contributed by atoms with van der Waals surface area (Å²) in [4.78, 5) is 13.3. The number of tetrazole rings is 1. The van der Waals surface area contributed by atoms with Gasteiger partial charge in [-0.2, -0.15) is 10.3 Å². The smallest absolute Gasteiger partial charge is 0.206 e. The zero-order valence-electron chi connectivity index (χ0n) is 18.7. The maximum atomic E-state index is 13.3. The fraction of sp³-hybridized carbons (Fsp3) is 0.208. The predicted octanol–water partition coefficient (Wildman–Crippen LogP) is 4.16. The molecule has 2 aromatic carbocycles. The van der Waals surface area contributed by atoms with E-state index in [0.717, 1.165) is 27.9 Å². The minimum atomic E-state index is -0.173. The van der Waals surface area contributed by atoms with Gasteiger partial charge in [-0.05, 0) is 49.7 Å². The van der Waals surface area contributed by atoms with Crippen LogP contribution in [-0.2, 0) is 7.05 Å². The van der Waals surface area contributed by atoms with E-state index in [0.29, 0.717) is 28.1 Å². The average molecular weight is 441 g/mol. The second-order valence-corrected chi connectivity index (χ2v) is 8.17. The van der Waals surface area contributed by atoms with Gasteiger partial charge in [0.1, 0.15) is 11.3 Å². The number of fused-ring (bicyclic) bond motifs is 1. The van der Waals surface area contributed by atoms with Crippen LogP contribution in [0.1, 0.15) is 29.7 Å². The van der Waals surface area contributed by atoms with Gasteiger partial charge in [0.05, 0.1) is 23.2 Å². The fourth-order valence-electron chi connectivity index (χ4n) is 4.09. The normalized spacial score (nSPS) is 12.2. The van der Waals surface area contributed by atoms with Crippen LogP contribution in [0.4, 0.5) is 5.69 Å². The number of H-pyrrole nitrogens is 1. The number of aryl methyl sites for hydroxylation is 2. The molecule has 166 valence electrons. The van der Waals surface area contributed by atoms with E-state index in [4.69, 9.17) is 4.42 Å². The van der Waals surface area contributed by atoms with E-state index in [1.165, 1.54) is 0 Å². The number of aromatic amines is 1. The highest BCUT2D eigenvalue weighted by atomic mass is 16.3. The molecule has 0 aliphatic heterocycles. The topological polar surface area (TPSA) is 115 Å². The summed E-state index contributed by atoms with van der Waals surface area (Å²) >= 11 is 0. The van der Waals surface area contributed by atoms with Crippen molar-refractivity contribution in [1.82, 2.24) is 30.4 Å². The first-order chi connectivity index (χ1) is 15.9. The number of rotatable bonds is 5. The Morgan fingerprint density at radius 1 is 1.18 bits per heavy atom. The second-order valence-electron chi connectivity index (χ2n) is 8.17. The van der Waals surface area contributed by atoms with E-state index in [1.54, 1.807) is 17.8 Å². The van der Waals surface area contributed by atoms with Gasteiger partial charge in [0, 0.05) is 35.6 Å². The van der Waals surface area contributed by atoms with Crippen molar-refractivity contribution in [2.24, 2.45) is 7.05 Å². The van der Waals surface area contributed by atoms with Crippen molar-refractivity contribution in [3.05, 3.63) is 75.7 Å². The minimum absolute atomic E-state index is 0.0422. The summed E-state index contributed by atoms with van der Waals surface area (Å²) in [7, 11) is 1.83. The zero-order valence-corrected chi connectivity index (χ0v) is 18.7. The molecule has 0 unspecified atom stereocenters. The van der Waals surface area contributed by atoms with Gasteiger partial charge in [-0.25, -0.2) is 0 Å². The van der Waals surface area contributed by atoms with Gasteiger partial charge in [-0.3, -0.25) is 9.48 Å². The number of anilines is 1. The van der Waals surface area contributed by atoms with Gasteiger partial charge in [-0.15, -0.1) is 10.2 Å². The van der Waals surface area contributed by atoms with Gasteiger partial charge in [-0.1, -0.05) is 18.2 Å². The SMILES string of the molecule is Cc1cc([C@@H](C)Nc2ccccc2-c2nn[nH]n2)c2oc(-c3cnn(C)c3)c(C)c(=O)c2c1. The number of aromatic nitrogens is 6. The van der Waals surface area contributed by atoms with Crippen molar-refractivity contribution in [2.75, 3.05) is 5.32 Å². The summed E-state index contributed by atoms with van der Waals surface area (Å²) in [5.41, 5.74) is 5.39. The van der Waals surface area contributed by atoms with Gasteiger partial charge < -0.3 is 9.73 Å². The van der Waals surface area contributed by atoms with Crippen LogP contribution in [0.3, 0.4) is 0 Å². The van der Waals surface area contributed by atoms with Gasteiger partial charge in [0.2, 0.25) is 5.82 Å². The van der Waals surface area contributed by atoms with Crippen molar-refractivity contribution >= 4 is 16.7 Å². The molecule has 33 heavy (non-hydrogen) atoms. The summed E-state index contributed by atoms with van der Waals surface area (Å²) in [5.74, 6) is 1.03. The molecule has 0 saturated heterocycles. The Kier molecular flexibility index (Phi) is 5.01. The van der Waals surface area contributed by atoms with Crippen LogP contribution in [-0.4, -0.2) is 30.4 Å². The van der Waals surface area contributed by atoms with E-state index >= 15 is 0 Å². The number of nitrogens with one attached hydrogen (secondary N) is 2. The summed E-state index contributed by atoms with van der Waals surface area (Å²) in [6.07, 6.45) is 3.54. The molecule has 5 rings (SSSR count). The molecule has 1 atom stereocenters. The highest BCUT2D eigenvalue weighted by Gasteiger charge is 2.20. The summed E-state index contributed by atoms with van der Waals surface area (Å²) < 4.78 is 8.08. The third-order valence-electron chi connectivity index (χ3n) is 5.71. The summed E-state index contributed by atoms with van der Waals surface area (Å²) in [6.45, 7) is 5.80. The van der Waals surface area contributed by atoms with Crippen LogP contribution in [0, 0.1) is 13.8 Å². The Labute approximate surface area is 189 Å². The zero-order chi connectivity index (χ0) is 23.1. The Balaban J connectivity index is 1.64. The Morgan fingerprint density at radius 3 is 2.73 bits per heavy atom. The molecule has 2 N–H and O–H groups in total. The molecular formula is C24H23N7O2. The first-order valence-electron chi connectivity index (χ1n) is 10.6. The lowest BCUT2D eigenvalue weighted by Crippen LogP contribution is -2.12. The van der Waals surface area contributed by atoms with E-state index in [-0.39, 0.29) is 11.5 Å². The third-order valence-corrected chi connectivity index (χ3v) is 5.71. The van der Waals surface area contributed by atoms with Crippen LogP contribution in [0.15, 0.2) is 58.0 Å². The number of benzene rings is 2. The Morgan fingerprint density at radius 2 is 2.00 bits per heavy atom. The molecule has 0 aliphatic carbocycles. The fourth-order valence-corrected chi connectivity index (χ4v) is 4.09. The summed E-state index contributed by atoms with van der Waals surface area (Å²) in [5, 5.41) is 22.7. The number of hydrogen-bond acceptors (Lipinski definition) is 7. The molecule has 0 spiro atoms. The monoisotopic (exact) mass is 441 g/mol. The standard InChI is InChI=1S/C24H23N7O2/c1-13-9-18(15(3)26-20-8-6-5-7-17(20)24-27-29-30-28-24)23-19(10-13)21(32)14(2)22(33-23)16-11-25-31(4)12-16/h5-12,15,26H,1-4H3,(H,27,28,29,30)/t15-/m1/s1. The van der Waals surface area contributed by atoms with Crippen molar-refractivity contribution in [3.63, 3.8) is 0 Å². The lowest BCUT2D eigenvalue weighted by atomic mass is 9.99. The molecule has 9 nitrogen and oxygen atoms in total. The van der Waals surface area contributed by atoms with Crippen LogP contribution in [0.2, 0.25) is 0 Å². The predicted molar refractivity (Wildman–Crippen MR) is 126 cm³/mol. The minimum Gasteiger partial charge on any atom is -0.455 e. The van der Waals surface area contributed by atoms with Crippen molar-refractivity contribution in [2.45, 2.75) is 26.8 Å². The van der Waals surface area contributed by atoms with Crippen LogP contribution in [0.5, 0.6) is 0 Å². The molecular weight excluding hydrogens is 418 g/mol. The third kappa shape index (κ3) is 3.67. The van der Waals surface area contributed by atoms with Crippen molar-refractivity contribution < 1.29 is 4.42 Å². The molecule has 0 bridgehead atoms. The van der Waals surface area contributed by atoms with E-state index in [1.807, 2.05) is 63.5 Å². The Hall–Kier alpha value is -4.27. The largest absolute Gasteiger partial charge is 0.455 e. The van der Waals surface area contributed by atoms with E-state index in [9.17, 15) is 4.79 Å². The first kappa shape index (κ1) is 20.6. The van der Waals surface area contributed by atoms with Gasteiger partial charge >= 0.3 is 0 Å². The Bertz CT molecular complexity index is 1520. The van der Waals surface area contributed by atoms with Crippen LogP contribution >= 0.6 is 0 Å². The lowest BCUT2D eigenvalue weighted by Gasteiger charge is -2.20. The first-order valence-corrected chi connectivity index (χ1v) is 10.6. The van der Waals surface area contributed by atoms with Gasteiger partial charge in [0.25, 0.3) is 0 Å². The van der Waals surface area contributed by atoms with Crippen molar-refractivity contribution in [1.29, 1.82) is 0 Å². The molecule has 9 heteroatoms. The van der Waals surface area contributed by atoms with E-state index < -0.39 is 0 Å². The molecule has 0 aliphatic rings. The number of hydrogen-bond donors (Lipinski definition) is 2. The highest BCUT2D eigenvalue weighted by molar-refractivity contribution is 5.85. The van der Waals surface area contributed by atoms with Crippen LogP contribution < -0.4 is 10.7 Å². The molecule has 0 fully saturated rings.